The Labute approximate surface area is 125 Å². The maximum absolute atomic E-state index is 12.1. The molecule has 0 aromatic carbocycles. The number of hydrogen-bond acceptors (Lipinski definition) is 5. The molecule has 0 amide bonds. The molecule has 3 rings (SSSR count). The van der Waals surface area contributed by atoms with E-state index in [0.29, 0.717) is 5.57 Å². The van der Waals surface area contributed by atoms with E-state index >= 15 is 0 Å². The van der Waals surface area contributed by atoms with Crippen LogP contribution in [0.25, 0.3) is 0 Å². The quantitative estimate of drug-likeness (QED) is 0.733. The molecule has 0 aromatic rings. The molecule has 0 radical (unpaired) electrons. The second kappa shape index (κ2) is 4.46. The van der Waals surface area contributed by atoms with Crippen molar-refractivity contribution in [1.29, 1.82) is 0 Å². The Balaban J connectivity index is 1.98. The Kier molecular flexibility index (Phi) is 3.16. The third-order valence-corrected chi connectivity index (χ3v) is 4.99. The lowest BCUT2D eigenvalue weighted by Gasteiger charge is -2.41. The van der Waals surface area contributed by atoms with E-state index in [-0.39, 0.29) is 29.4 Å². The summed E-state index contributed by atoms with van der Waals surface area (Å²) in [6.07, 6.45) is 3.63. The third kappa shape index (κ3) is 2.01. The summed E-state index contributed by atoms with van der Waals surface area (Å²) in [5.74, 6) is -0.377. The van der Waals surface area contributed by atoms with Crippen LogP contribution in [0, 0.1) is 5.41 Å². The fraction of sp³-hybridized carbons (Fsp3) is 0.812. The van der Waals surface area contributed by atoms with Gasteiger partial charge in [0, 0.05) is 11.8 Å². The van der Waals surface area contributed by atoms with Crippen LogP contribution in [0.5, 0.6) is 0 Å². The van der Waals surface area contributed by atoms with Crippen LogP contribution in [0.4, 0.5) is 0 Å². The summed E-state index contributed by atoms with van der Waals surface area (Å²) in [6, 6.07) is 0. The van der Waals surface area contributed by atoms with E-state index in [1.54, 1.807) is 0 Å². The van der Waals surface area contributed by atoms with Gasteiger partial charge < -0.3 is 18.9 Å². The summed E-state index contributed by atoms with van der Waals surface area (Å²) in [6.45, 7) is 8.30. The van der Waals surface area contributed by atoms with Crippen molar-refractivity contribution in [2.24, 2.45) is 5.41 Å². The number of ether oxygens (including phenoxy) is 4. The van der Waals surface area contributed by atoms with Gasteiger partial charge in [-0.15, -0.1) is 0 Å². The summed E-state index contributed by atoms with van der Waals surface area (Å²) < 4.78 is 22.8. The molecule has 3 aliphatic rings. The number of methoxy groups -OCH3 is 1. The van der Waals surface area contributed by atoms with Crippen molar-refractivity contribution in [3.63, 3.8) is 0 Å². The first kappa shape index (κ1) is 14.9. The predicted octanol–water partition coefficient (Wildman–Crippen LogP) is 2.54. The van der Waals surface area contributed by atoms with Crippen LogP contribution in [-0.2, 0) is 23.7 Å². The van der Waals surface area contributed by atoms with Gasteiger partial charge in [-0.3, -0.25) is 0 Å². The Bertz CT molecular complexity index is 491. The van der Waals surface area contributed by atoms with E-state index in [0.717, 1.165) is 19.3 Å². The minimum Gasteiger partial charge on any atom is -0.472 e. The van der Waals surface area contributed by atoms with E-state index < -0.39 is 5.60 Å². The summed E-state index contributed by atoms with van der Waals surface area (Å²) >= 11 is 0. The van der Waals surface area contributed by atoms with Gasteiger partial charge in [0.15, 0.2) is 0 Å². The van der Waals surface area contributed by atoms with Gasteiger partial charge in [0.2, 0.25) is 6.29 Å². The molecule has 1 saturated heterocycles. The number of fused-ring (bicyclic) bond motifs is 1. The molecule has 2 heterocycles. The Morgan fingerprint density at radius 3 is 2.76 bits per heavy atom. The average molecular weight is 296 g/mol. The smallest absolute Gasteiger partial charge is 0.339 e. The molecule has 1 aliphatic carbocycles. The highest BCUT2D eigenvalue weighted by molar-refractivity contribution is 5.91. The number of rotatable bonds is 2. The first-order valence-electron chi connectivity index (χ1n) is 7.52. The molecule has 2 aliphatic heterocycles. The van der Waals surface area contributed by atoms with E-state index in [1.165, 1.54) is 13.4 Å². The standard InChI is InChI=1S/C16H24O5/c1-14(2,3)20-11-6-7-16-10(13(17)18-5)9-19-12(21-16)8-15(11,16)4/h9,11-12H,6-8H2,1-5H3/t11-,12+,15+,16+/m1/s1. The van der Waals surface area contributed by atoms with Gasteiger partial charge in [0.05, 0.1) is 25.1 Å². The molecule has 118 valence electrons. The van der Waals surface area contributed by atoms with Crippen molar-refractivity contribution >= 4 is 5.97 Å². The Morgan fingerprint density at radius 2 is 2.14 bits per heavy atom. The molecule has 0 N–H and O–H groups in total. The number of esters is 1. The van der Waals surface area contributed by atoms with E-state index in [1.807, 2.05) is 0 Å². The second-order valence-electron chi connectivity index (χ2n) is 7.41. The SMILES string of the molecule is COC(=O)C1=CO[C@@H]2C[C@@]3(C)[C@H](OC(C)(C)C)CC[C@]13O2. The maximum atomic E-state index is 12.1. The first-order chi connectivity index (χ1) is 9.72. The normalized spacial score (nSPS) is 41.3. The van der Waals surface area contributed by atoms with Gasteiger partial charge in [-0.2, -0.15) is 0 Å². The van der Waals surface area contributed by atoms with Crippen LogP contribution in [0.15, 0.2) is 11.8 Å². The zero-order chi connectivity index (χ0) is 15.5. The topological polar surface area (TPSA) is 54.0 Å². The van der Waals surface area contributed by atoms with Gasteiger partial charge in [0.25, 0.3) is 0 Å². The molecule has 2 fully saturated rings. The lowest BCUT2D eigenvalue weighted by molar-refractivity contribution is -0.171. The molecule has 5 heteroatoms. The molecule has 0 unspecified atom stereocenters. The molecular formula is C16H24O5. The molecule has 21 heavy (non-hydrogen) atoms. The Morgan fingerprint density at radius 1 is 1.43 bits per heavy atom. The minimum atomic E-state index is -0.640. The van der Waals surface area contributed by atoms with Gasteiger partial charge >= 0.3 is 5.97 Å². The molecule has 1 spiro atoms. The lowest BCUT2D eigenvalue weighted by Crippen LogP contribution is -2.49. The third-order valence-electron chi connectivity index (χ3n) is 4.99. The summed E-state index contributed by atoms with van der Waals surface area (Å²) in [7, 11) is 1.39. The zero-order valence-corrected chi connectivity index (χ0v) is 13.4. The maximum Gasteiger partial charge on any atom is 0.339 e. The molecule has 0 aromatic heterocycles. The second-order valence-corrected chi connectivity index (χ2v) is 7.41. The number of carbonyl (C=O) groups is 1. The van der Waals surface area contributed by atoms with Crippen LogP contribution in [-0.4, -0.2) is 36.7 Å². The molecule has 2 bridgehead atoms. The van der Waals surface area contributed by atoms with Crippen molar-refractivity contribution in [2.75, 3.05) is 7.11 Å². The van der Waals surface area contributed by atoms with E-state index in [2.05, 4.69) is 27.7 Å². The average Bonchev–Trinajstić information content (AvgIpc) is 2.75. The van der Waals surface area contributed by atoms with Crippen LogP contribution in [0.1, 0.15) is 47.0 Å². The number of carbonyl (C=O) groups excluding carboxylic acids is 1. The van der Waals surface area contributed by atoms with E-state index in [4.69, 9.17) is 18.9 Å². The molecule has 5 nitrogen and oxygen atoms in total. The van der Waals surface area contributed by atoms with Crippen molar-refractivity contribution in [1.82, 2.24) is 0 Å². The van der Waals surface area contributed by atoms with E-state index in [9.17, 15) is 4.79 Å². The first-order valence-corrected chi connectivity index (χ1v) is 7.52. The van der Waals surface area contributed by atoms with Crippen LogP contribution >= 0.6 is 0 Å². The monoisotopic (exact) mass is 296 g/mol. The molecular weight excluding hydrogens is 272 g/mol. The fourth-order valence-electron chi connectivity index (χ4n) is 4.06. The lowest BCUT2D eigenvalue weighted by atomic mass is 9.70. The highest BCUT2D eigenvalue weighted by Gasteiger charge is 2.70. The highest BCUT2D eigenvalue weighted by atomic mass is 16.7. The number of hydrogen-bond donors (Lipinski definition) is 0. The van der Waals surface area contributed by atoms with Gasteiger partial charge in [0.1, 0.15) is 11.2 Å². The summed E-state index contributed by atoms with van der Waals surface area (Å²) in [4.78, 5) is 12.1. The Hall–Kier alpha value is -1.07. The minimum absolute atomic E-state index is 0.0391. The summed E-state index contributed by atoms with van der Waals surface area (Å²) in [5, 5.41) is 0. The van der Waals surface area contributed by atoms with Gasteiger partial charge in [-0.1, -0.05) is 6.92 Å². The predicted molar refractivity (Wildman–Crippen MR) is 75.4 cm³/mol. The van der Waals surface area contributed by atoms with Crippen molar-refractivity contribution in [3.05, 3.63) is 11.8 Å². The summed E-state index contributed by atoms with van der Waals surface area (Å²) in [5.41, 5.74) is -0.659. The zero-order valence-electron chi connectivity index (χ0n) is 13.4. The van der Waals surface area contributed by atoms with Crippen molar-refractivity contribution < 1.29 is 23.7 Å². The largest absolute Gasteiger partial charge is 0.472 e. The molecule has 1 saturated carbocycles. The van der Waals surface area contributed by atoms with Crippen LogP contribution < -0.4 is 0 Å². The van der Waals surface area contributed by atoms with Crippen LogP contribution in [0.2, 0.25) is 0 Å². The van der Waals surface area contributed by atoms with Crippen LogP contribution in [0.3, 0.4) is 0 Å². The fourth-order valence-corrected chi connectivity index (χ4v) is 4.06. The van der Waals surface area contributed by atoms with Gasteiger partial charge in [-0.05, 0) is 33.6 Å². The van der Waals surface area contributed by atoms with Crippen molar-refractivity contribution in [2.45, 2.75) is 70.6 Å². The highest BCUT2D eigenvalue weighted by Crippen LogP contribution is 2.63. The molecule has 4 atom stereocenters. The van der Waals surface area contributed by atoms with Gasteiger partial charge in [-0.25, -0.2) is 4.79 Å². The van der Waals surface area contributed by atoms with Crippen molar-refractivity contribution in [3.8, 4) is 0 Å².